The number of carbonyl (C=O) groups excluding carboxylic acids is 1. The van der Waals surface area contributed by atoms with Crippen molar-refractivity contribution < 1.29 is 24.3 Å². The lowest BCUT2D eigenvalue weighted by atomic mass is 10.2. The van der Waals surface area contributed by atoms with Gasteiger partial charge in [0.25, 0.3) is 0 Å². The molecule has 0 radical (unpaired) electrons. The fourth-order valence-corrected chi connectivity index (χ4v) is 1.50. The minimum atomic E-state index is -1.19. The van der Waals surface area contributed by atoms with Crippen molar-refractivity contribution >= 4 is 23.6 Å². The molecule has 0 unspecified atom stereocenters. The van der Waals surface area contributed by atoms with E-state index in [1.54, 1.807) is 18.2 Å². The summed E-state index contributed by atoms with van der Waals surface area (Å²) in [5.41, 5.74) is 2.54. The maximum absolute atomic E-state index is 11.3. The van der Waals surface area contributed by atoms with Crippen LogP contribution in [0.3, 0.4) is 0 Å². The van der Waals surface area contributed by atoms with E-state index in [2.05, 4.69) is 10.2 Å². The highest BCUT2D eigenvalue weighted by Crippen LogP contribution is 2.25. The lowest BCUT2D eigenvalue weighted by Crippen LogP contribution is -2.36. The molecule has 104 valence electrons. The molecule has 1 rings (SSSR count). The lowest BCUT2D eigenvalue weighted by molar-refractivity contribution is -0.144. The number of hydrogen-bond donors (Lipinski definition) is 3. The number of carboxylic acid groups (broad SMARTS) is 1. The molecule has 0 aliphatic carbocycles. The van der Waals surface area contributed by atoms with Crippen LogP contribution >= 0.6 is 11.6 Å². The third kappa shape index (κ3) is 5.02. The first-order chi connectivity index (χ1) is 9.04. The Hall–Kier alpha value is -1.99. The second-order valence-electron chi connectivity index (χ2n) is 3.39. The topological polar surface area (TPSA) is 96.9 Å². The SMILES string of the molecule is COc1cccc(Cl)c1CNC(=O)NOCC(=O)O. The molecule has 0 aliphatic rings. The Labute approximate surface area is 114 Å². The van der Waals surface area contributed by atoms with Crippen molar-refractivity contribution in [3.8, 4) is 5.75 Å². The van der Waals surface area contributed by atoms with Gasteiger partial charge in [0.1, 0.15) is 5.75 Å². The van der Waals surface area contributed by atoms with Gasteiger partial charge < -0.3 is 15.2 Å². The number of aliphatic carboxylic acids is 1. The molecule has 0 saturated heterocycles. The molecular formula is C11H13ClN2O5. The Bertz CT molecular complexity index is 466. The summed E-state index contributed by atoms with van der Waals surface area (Å²) in [4.78, 5) is 25.8. The zero-order valence-corrected chi connectivity index (χ0v) is 10.9. The third-order valence-electron chi connectivity index (χ3n) is 2.08. The van der Waals surface area contributed by atoms with Crippen molar-refractivity contribution in [3.05, 3.63) is 28.8 Å². The van der Waals surface area contributed by atoms with Gasteiger partial charge in [-0.2, -0.15) is 0 Å². The number of carboxylic acids is 1. The van der Waals surface area contributed by atoms with E-state index in [1.807, 2.05) is 5.48 Å². The second kappa shape index (κ2) is 7.45. The zero-order chi connectivity index (χ0) is 14.3. The molecule has 0 bridgehead atoms. The number of hydroxylamine groups is 1. The first-order valence-electron chi connectivity index (χ1n) is 5.23. The van der Waals surface area contributed by atoms with Gasteiger partial charge in [-0.3, -0.25) is 4.84 Å². The van der Waals surface area contributed by atoms with Crippen molar-refractivity contribution in [2.45, 2.75) is 6.54 Å². The van der Waals surface area contributed by atoms with Crippen LogP contribution in [-0.4, -0.2) is 30.8 Å². The van der Waals surface area contributed by atoms with Crippen LogP contribution in [0.2, 0.25) is 5.02 Å². The van der Waals surface area contributed by atoms with Crippen LogP contribution in [0.15, 0.2) is 18.2 Å². The van der Waals surface area contributed by atoms with Gasteiger partial charge in [-0.15, -0.1) is 0 Å². The summed E-state index contributed by atoms with van der Waals surface area (Å²) in [5.74, 6) is -0.646. The highest BCUT2D eigenvalue weighted by atomic mass is 35.5. The Morgan fingerprint density at radius 2 is 2.16 bits per heavy atom. The third-order valence-corrected chi connectivity index (χ3v) is 2.44. The fraction of sp³-hybridized carbons (Fsp3) is 0.273. The number of ether oxygens (including phenoxy) is 1. The number of hydrogen-bond acceptors (Lipinski definition) is 4. The zero-order valence-electron chi connectivity index (χ0n) is 10.1. The molecule has 0 saturated carbocycles. The maximum atomic E-state index is 11.3. The molecule has 0 heterocycles. The van der Waals surface area contributed by atoms with Crippen LogP contribution in [0.25, 0.3) is 0 Å². The Balaban J connectivity index is 2.48. The number of amides is 2. The molecule has 0 spiro atoms. The Morgan fingerprint density at radius 3 is 2.79 bits per heavy atom. The van der Waals surface area contributed by atoms with Crippen LogP contribution in [-0.2, 0) is 16.2 Å². The number of methoxy groups -OCH3 is 1. The first-order valence-corrected chi connectivity index (χ1v) is 5.61. The van der Waals surface area contributed by atoms with Gasteiger partial charge in [-0.1, -0.05) is 17.7 Å². The van der Waals surface area contributed by atoms with Gasteiger partial charge in [0, 0.05) is 17.1 Å². The van der Waals surface area contributed by atoms with E-state index in [0.717, 1.165) is 0 Å². The molecule has 0 aromatic heterocycles. The molecule has 8 heteroatoms. The average molecular weight is 289 g/mol. The smallest absolute Gasteiger partial charge is 0.338 e. The van der Waals surface area contributed by atoms with Gasteiger partial charge in [-0.05, 0) is 12.1 Å². The number of benzene rings is 1. The van der Waals surface area contributed by atoms with Gasteiger partial charge in [0.05, 0.1) is 7.11 Å². The summed E-state index contributed by atoms with van der Waals surface area (Å²) in [6, 6.07) is 4.42. The van der Waals surface area contributed by atoms with E-state index in [4.69, 9.17) is 21.4 Å². The summed E-state index contributed by atoms with van der Waals surface area (Å²) in [6.45, 7) is -0.506. The molecule has 2 amide bonds. The molecule has 1 aromatic carbocycles. The van der Waals surface area contributed by atoms with E-state index in [9.17, 15) is 9.59 Å². The van der Waals surface area contributed by atoms with Crippen LogP contribution in [0.4, 0.5) is 4.79 Å². The largest absolute Gasteiger partial charge is 0.496 e. The van der Waals surface area contributed by atoms with Crippen molar-refractivity contribution in [2.75, 3.05) is 13.7 Å². The van der Waals surface area contributed by atoms with Crippen molar-refractivity contribution in [2.24, 2.45) is 0 Å². The number of urea groups is 1. The molecule has 0 fully saturated rings. The van der Waals surface area contributed by atoms with Gasteiger partial charge in [0.2, 0.25) is 0 Å². The molecule has 0 atom stereocenters. The highest BCUT2D eigenvalue weighted by molar-refractivity contribution is 6.31. The highest BCUT2D eigenvalue weighted by Gasteiger charge is 2.09. The summed E-state index contributed by atoms with van der Waals surface area (Å²) in [7, 11) is 1.49. The number of rotatable bonds is 6. The van der Waals surface area contributed by atoms with E-state index in [1.165, 1.54) is 7.11 Å². The maximum Gasteiger partial charge on any atom is 0.338 e. The number of nitrogens with one attached hydrogen (secondary N) is 2. The number of carbonyl (C=O) groups is 2. The van der Waals surface area contributed by atoms with Crippen molar-refractivity contribution in [1.82, 2.24) is 10.8 Å². The fourth-order valence-electron chi connectivity index (χ4n) is 1.27. The predicted octanol–water partition coefficient (Wildman–Crippen LogP) is 1.16. The minimum Gasteiger partial charge on any atom is -0.496 e. The van der Waals surface area contributed by atoms with E-state index >= 15 is 0 Å². The Morgan fingerprint density at radius 1 is 1.42 bits per heavy atom. The minimum absolute atomic E-state index is 0.116. The van der Waals surface area contributed by atoms with Crippen LogP contribution < -0.4 is 15.5 Å². The van der Waals surface area contributed by atoms with E-state index in [0.29, 0.717) is 16.3 Å². The standard InChI is InChI=1S/C11H13ClN2O5/c1-18-9-4-2-3-8(12)7(9)5-13-11(17)14-19-6-10(15)16/h2-4H,5-6H2,1H3,(H,15,16)(H2,13,14,17). The van der Waals surface area contributed by atoms with Crippen LogP contribution in [0, 0.1) is 0 Å². The quantitative estimate of drug-likeness (QED) is 0.683. The Kier molecular flexibility index (Phi) is 5.91. The van der Waals surface area contributed by atoms with Crippen LogP contribution in [0.5, 0.6) is 5.75 Å². The number of halogens is 1. The summed E-state index contributed by atoms with van der Waals surface area (Å²) in [5, 5.41) is 11.2. The summed E-state index contributed by atoms with van der Waals surface area (Å²) < 4.78 is 5.11. The molecule has 7 nitrogen and oxygen atoms in total. The van der Waals surface area contributed by atoms with Crippen LogP contribution in [0.1, 0.15) is 5.56 Å². The van der Waals surface area contributed by atoms with Gasteiger partial charge >= 0.3 is 12.0 Å². The van der Waals surface area contributed by atoms with Crippen molar-refractivity contribution in [1.29, 1.82) is 0 Å². The summed E-state index contributed by atoms with van der Waals surface area (Å²) in [6.07, 6.45) is 0. The van der Waals surface area contributed by atoms with Crippen molar-refractivity contribution in [3.63, 3.8) is 0 Å². The molecule has 3 N–H and O–H groups in total. The normalized spacial score (nSPS) is 9.79. The van der Waals surface area contributed by atoms with Gasteiger partial charge in [0.15, 0.2) is 6.61 Å². The molecule has 1 aromatic rings. The van der Waals surface area contributed by atoms with E-state index in [-0.39, 0.29) is 6.54 Å². The van der Waals surface area contributed by atoms with E-state index < -0.39 is 18.6 Å². The molecular weight excluding hydrogens is 276 g/mol. The average Bonchev–Trinajstić information content (AvgIpc) is 2.36. The van der Waals surface area contributed by atoms with Gasteiger partial charge in [-0.25, -0.2) is 15.1 Å². The second-order valence-corrected chi connectivity index (χ2v) is 3.80. The summed E-state index contributed by atoms with van der Waals surface area (Å²) >= 11 is 5.98. The monoisotopic (exact) mass is 288 g/mol. The molecule has 19 heavy (non-hydrogen) atoms. The predicted molar refractivity (Wildman–Crippen MR) is 67.0 cm³/mol. The molecule has 0 aliphatic heterocycles. The first kappa shape index (κ1) is 15.1. The lowest BCUT2D eigenvalue weighted by Gasteiger charge is -2.11.